The molecule has 2 amide bonds. The number of rotatable bonds is 9. The van der Waals surface area contributed by atoms with Gasteiger partial charge in [-0.25, -0.2) is 0 Å². The largest absolute Gasteiger partial charge is 0.497 e. The van der Waals surface area contributed by atoms with Crippen LogP contribution in [0.5, 0.6) is 5.75 Å². The highest BCUT2D eigenvalue weighted by Crippen LogP contribution is 2.27. The molecule has 0 aliphatic rings. The maximum absolute atomic E-state index is 12.8. The number of nitrogens with zero attached hydrogens (tertiary/aromatic N) is 3. The van der Waals surface area contributed by atoms with Crippen molar-refractivity contribution in [2.45, 2.75) is 19.8 Å². The molecule has 3 aromatic rings. The summed E-state index contributed by atoms with van der Waals surface area (Å²) in [4.78, 5) is 26.8. The number of halogens is 1. The number of aromatic nitrogens is 2. The Morgan fingerprint density at radius 2 is 1.90 bits per heavy atom. The van der Waals surface area contributed by atoms with Crippen LogP contribution in [0.4, 0.5) is 5.13 Å². The highest BCUT2D eigenvalue weighted by atomic mass is 35.5. The van der Waals surface area contributed by atoms with Crippen LogP contribution in [-0.4, -0.2) is 47.1 Å². The van der Waals surface area contributed by atoms with E-state index in [4.69, 9.17) is 16.3 Å². The van der Waals surface area contributed by atoms with Crippen LogP contribution in [0.1, 0.15) is 30.1 Å². The average Bonchev–Trinajstić information content (AvgIpc) is 3.24. The van der Waals surface area contributed by atoms with Gasteiger partial charge in [-0.3, -0.25) is 9.59 Å². The molecule has 0 saturated carbocycles. The summed E-state index contributed by atoms with van der Waals surface area (Å²) in [5, 5.41) is 12.6. The fourth-order valence-electron chi connectivity index (χ4n) is 2.93. The number of ether oxygens (including phenoxy) is 1. The summed E-state index contributed by atoms with van der Waals surface area (Å²) < 4.78 is 5.15. The first-order chi connectivity index (χ1) is 15.0. The minimum absolute atomic E-state index is 0.144. The van der Waals surface area contributed by atoms with E-state index < -0.39 is 0 Å². The van der Waals surface area contributed by atoms with E-state index in [0.717, 1.165) is 17.7 Å². The predicted molar refractivity (Wildman–Crippen MR) is 123 cm³/mol. The van der Waals surface area contributed by atoms with Gasteiger partial charge in [0.2, 0.25) is 11.0 Å². The first kappa shape index (κ1) is 22.7. The van der Waals surface area contributed by atoms with E-state index in [1.54, 1.807) is 36.3 Å². The van der Waals surface area contributed by atoms with Crippen LogP contribution in [0.2, 0.25) is 5.02 Å². The van der Waals surface area contributed by atoms with Gasteiger partial charge in [-0.15, -0.1) is 10.2 Å². The zero-order chi connectivity index (χ0) is 22.2. The smallest absolute Gasteiger partial charge is 0.253 e. The minimum Gasteiger partial charge on any atom is -0.497 e. The molecule has 0 unspecified atom stereocenters. The Hall–Kier alpha value is -2.97. The number of amides is 2. The number of carbonyl (C=O) groups is 2. The van der Waals surface area contributed by atoms with Crippen molar-refractivity contribution in [3.8, 4) is 16.3 Å². The standard InChI is InChI=1S/C22H23ClN4O3S/c1-3-12-27(21(29)16-5-4-6-17(23)14-16)13-11-19(28)24-22-26-25-20(31-22)15-7-9-18(30-2)10-8-15/h4-10,14H,3,11-13H2,1-2H3,(H,24,26,28). The van der Waals surface area contributed by atoms with Crippen molar-refractivity contribution in [2.75, 3.05) is 25.5 Å². The Balaban J connectivity index is 1.58. The summed E-state index contributed by atoms with van der Waals surface area (Å²) in [6.45, 7) is 2.84. The summed E-state index contributed by atoms with van der Waals surface area (Å²) in [7, 11) is 1.61. The second kappa shape index (κ2) is 10.9. The third-order valence-electron chi connectivity index (χ3n) is 4.47. The van der Waals surface area contributed by atoms with Crippen LogP contribution in [0.25, 0.3) is 10.6 Å². The molecule has 0 bridgehead atoms. The molecular weight excluding hydrogens is 436 g/mol. The number of carbonyl (C=O) groups excluding carboxylic acids is 2. The molecule has 31 heavy (non-hydrogen) atoms. The molecule has 162 valence electrons. The van der Waals surface area contributed by atoms with Crippen molar-refractivity contribution in [3.05, 3.63) is 59.1 Å². The van der Waals surface area contributed by atoms with E-state index in [0.29, 0.717) is 33.8 Å². The number of hydrogen-bond acceptors (Lipinski definition) is 6. The number of hydrogen-bond donors (Lipinski definition) is 1. The summed E-state index contributed by atoms with van der Waals surface area (Å²) >= 11 is 7.28. The molecule has 3 rings (SSSR count). The van der Waals surface area contributed by atoms with Crippen molar-refractivity contribution in [1.29, 1.82) is 0 Å². The van der Waals surface area contributed by atoms with Crippen LogP contribution in [0, 0.1) is 0 Å². The van der Waals surface area contributed by atoms with E-state index in [9.17, 15) is 9.59 Å². The number of benzene rings is 2. The van der Waals surface area contributed by atoms with Crippen LogP contribution in [0.3, 0.4) is 0 Å². The third-order valence-corrected chi connectivity index (χ3v) is 5.59. The van der Waals surface area contributed by atoms with Crippen LogP contribution < -0.4 is 10.1 Å². The van der Waals surface area contributed by atoms with Gasteiger partial charge in [-0.2, -0.15) is 0 Å². The SMILES string of the molecule is CCCN(CCC(=O)Nc1nnc(-c2ccc(OC)cc2)s1)C(=O)c1cccc(Cl)c1. The zero-order valence-corrected chi connectivity index (χ0v) is 18.9. The maximum atomic E-state index is 12.8. The normalized spacial score (nSPS) is 10.5. The molecule has 1 N–H and O–H groups in total. The fraction of sp³-hybridized carbons (Fsp3) is 0.273. The lowest BCUT2D eigenvalue weighted by molar-refractivity contribution is -0.116. The quantitative estimate of drug-likeness (QED) is 0.500. The van der Waals surface area contributed by atoms with E-state index >= 15 is 0 Å². The molecule has 0 aliphatic heterocycles. The lowest BCUT2D eigenvalue weighted by Gasteiger charge is -2.22. The molecule has 1 heterocycles. The van der Waals surface area contributed by atoms with Crippen LogP contribution in [-0.2, 0) is 4.79 Å². The van der Waals surface area contributed by atoms with Crippen molar-refractivity contribution >= 4 is 39.9 Å². The van der Waals surface area contributed by atoms with E-state index in [1.807, 2.05) is 31.2 Å². The third kappa shape index (κ3) is 6.26. The van der Waals surface area contributed by atoms with Gasteiger partial charge in [0.15, 0.2) is 0 Å². The number of nitrogens with one attached hydrogen (secondary N) is 1. The maximum Gasteiger partial charge on any atom is 0.253 e. The number of anilines is 1. The molecule has 0 spiro atoms. The van der Waals surface area contributed by atoms with Crippen LogP contribution in [0.15, 0.2) is 48.5 Å². The molecule has 7 nitrogen and oxygen atoms in total. The Morgan fingerprint density at radius 3 is 2.58 bits per heavy atom. The van der Waals surface area contributed by atoms with Gasteiger partial charge in [0.25, 0.3) is 5.91 Å². The van der Waals surface area contributed by atoms with Gasteiger partial charge in [-0.1, -0.05) is 35.9 Å². The zero-order valence-electron chi connectivity index (χ0n) is 17.3. The molecular formula is C22H23ClN4O3S. The van der Waals surface area contributed by atoms with Crippen molar-refractivity contribution in [1.82, 2.24) is 15.1 Å². The molecule has 0 saturated heterocycles. The molecule has 0 radical (unpaired) electrons. The highest BCUT2D eigenvalue weighted by molar-refractivity contribution is 7.18. The predicted octanol–water partition coefficient (Wildman–Crippen LogP) is 4.75. The van der Waals surface area contributed by atoms with Crippen molar-refractivity contribution < 1.29 is 14.3 Å². The topological polar surface area (TPSA) is 84.4 Å². The molecule has 0 atom stereocenters. The minimum atomic E-state index is -0.225. The molecule has 9 heteroatoms. The lowest BCUT2D eigenvalue weighted by Crippen LogP contribution is -2.34. The molecule has 0 aliphatic carbocycles. The van der Waals surface area contributed by atoms with Gasteiger partial charge in [0, 0.05) is 35.7 Å². The Morgan fingerprint density at radius 1 is 1.13 bits per heavy atom. The van der Waals surface area contributed by atoms with E-state index in [1.165, 1.54) is 11.3 Å². The summed E-state index contributed by atoms with van der Waals surface area (Å²) in [6, 6.07) is 14.3. The summed E-state index contributed by atoms with van der Waals surface area (Å²) in [5.41, 5.74) is 1.40. The molecule has 1 aromatic heterocycles. The Bertz CT molecular complexity index is 1040. The summed E-state index contributed by atoms with van der Waals surface area (Å²) in [6.07, 6.45) is 0.944. The fourth-order valence-corrected chi connectivity index (χ4v) is 3.89. The van der Waals surface area contributed by atoms with Crippen molar-refractivity contribution in [3.63, 3.8) is 0 Å². The monoisotopic (exact) mass is 458 g/mol. The van der Waals surface area contributed by atoms with Crippen LogP contribution >= 0.6 is 22.9 Å². The van der Waals surface area contributed by atoms with E-state index in [-0.39, 0.29) is 18.2 Å². The Labute approximate surface area is 190 Å². The average molecular weight is 459 g/mol. The first-order valence-corrected chi connectivity index (χ1v) is 11.0. The van der Waals surface area contributed by atoms with E-state index in [2.05, 4.69) is 15.5 Å². The molecule has 0 fully saturated rings. The Kier molecular flexibility index (Phi) is 7.97. The number of methoxy groups -OCH3 is 1. The van der Waals surface area contributed by atoms with Gasteiger partial charge >= 0.3 is 0 Å². The lowest BCUT2D eigenvalue weighted by atomic mass is 10.2. The second-order valence-electron chi connectivity index (χ2n) is 6.74. The van der Waals surface area contributed by atoms with Gasteiger partial charge < -0.3 is 15.0 Å². The first-order valence-electron chi connectivity index (χ1n) is 9.82. The van der Waals surface area contributed by atoms with Gasteiger partial charge in [0.05, 0.1) is 7.11 Å². The van der Waals surface area contributed by atoms with Crippen molar-refractivity contribution in [2.24, 2.45) is 0 Å². The van der Waals surface area contributed by atoms with Gasteiger partial charge in [0.1, 0.15) is 10.8 Å². The second-order valence-corrected chi connectivity index (χ2v) is 8.16. The highest BCUT2D eigenvalue weighted by Gasteiger charge is 2.17. The summed E-state index contributed by atoms with van der Waals surface area (Å²) in [5.74, 6) is 0.387. The van der Waals surface area contributed by atoms with Gasteiger partial charge in [-0.05, 0) is 48.9 Å². The molecule has 2 aromatic carbocycles.